The van der Waals surface area contributed by atoms with Crippen molar-refractivity contribution in [2.24, 2.45) is 11.8 Å². The Balaban J connectivity index is 1.54. The third-order valence-electron chi connectivity index (χ3n) is 5.28. The molecule has 1 aliphatic carbocycles. The Morgan fingerprint density at radius 3 is 2.22 bits per heavy atom. The van der Waals surface area contributed by atoms with Gasteiger partial charge in [-0.3, -0.25) is 19.3 Å². The average Bonchev–Trinajstić information content (AvgIpc) is 2.92. The molecule has 3 atom stereocenters. The molecule has 1 aliphatic heterocycles. The zero-order valence-electron chi connectivity index (χ0n) is 15.6. The highest BCUT2D eigenvalue weighted by Crippen LogP contribution is 2.38. The third-order valence-corrected chi connectivity index (χ3v) is 5.28. The van der Waals surface area contributed by atoms with Crippen LogP contribution in [-0.4, -0.2) is 41.2 Å². The van der Waals surface area contributed by atoms with Gasteiger partial charge in [-0.25, -0.2) is 4.79 Å². The minimum atomic E-state index is -1.03. The molecular formula is C20H24N2O5. The normalized spacial score (nSPS) is 23.0. The van der Waals surface area contributed by atoms with E-state index in [1.54, 1.807) is 12.1 Å². The fraction of sp³-hybridized carbons (Fsp3) is 0.500. The SMILES string of the molecule is Cc1ccc(NC(=O)COC(=O)[C@H](C)N2C(=O)[C@@H]3CCCC[C@H]3C2=O)cc1. The second-order valence-corrected chi connectivity index (χ2v) is 7.24. The van der Waals surface area contributed by atoms with Crippen molar-refractivity contribution >= 4 is 29.4 Å². The van der Waals surface area contributed by atoms with E-state index in [1.807, 2.05) is 19.1 Å². The molecule has 0 radical (unpaired) electrons. The van der Waals surface area contributed by atoms with Crippen LogP contribution in [0.15, 0.2) is 24.3 Å². The van der Waals surface area contributed by atoms with Crippen LogP contribution in [0.3, 0.4) is 0 Å². The van der Waals surface area contributed by atoms with E-state index in [2.05, 4.69) is 5.32 Å². The number of ether oxygens (including phenoxy) is 1. The summed E-state index contributed by atoms with van der Waals surface area (Å²) in [6.07, 6.45) is 3.22. The van der Waals surface area contributed by atoms with Gasteiger partial charge in [-0.15, -0.1) is 0 Å². The number of nitrogens with one attached hydrogen (secondary N) is 1. The van der Waals surface area contributed by atoms with Crippen LogP contribution in [0.5, 0.6) is 0 Å². The van der Waals surface area contributed by atoms with Crippen molar-refractivity contribution < 1.29 is 23.9 Å². The summed E-state index contributed by atoms with van der Waals surface area (Å²) >= 11 is 0. The quantitative estimate of drug-likeness (QED) is 0.631. The van der Waals surface area contributed by atoms with E-state index in [9.17, 15) is 19.2 Å². The summed E-state index contributed by atoms with van der Waals surface area (Å²) in [5, 5.41) is 2.63. The molecule has 1 saturated heterocycles. The van der Waals surface area contributed by atoms with Crippen molar-refractivity contribution in [3.63, 3.8) is 0 Å². The Bertz CT molecular complexity index is 734. The van der Waals surface area contributed by atoms with Gasteiger partial charge in [-0.1, -0.05) is 30.5 Å². The number of hydrogen-bond acceptors (Lipinski definition) is 5. The van der Waals surface area contributed by atoms with E-state index < -0.39 is 24.5 Å². The first-order valence-electron chi connectivity index (χ1n) is 9.28. The van der Waals surface area contributed by atoms with Crippen LogP contribution >= 0.6 is 0 Å². The minimum Gasteiger partial charge on any atom is -0.454 e. The summed E-state index contributed by atoms with van der Waals surface area (Å²) in [6, 6.07) is 6.19. The predicted molar refractivity (Wildman–Crippen MR) is 97.5 cm³/mol. The Hall–Kier alpha value is -2.70. The monoisotopic (exact) mass is 372 g/mol. The number of carbonyl (C=O) groups is 4. The second-order valence-electron chi connectivity index (χ2n) is 7.24. The number of nitrogens with zero attached hydrogens (tertiary/aromatic N) is 1. The number of imide groups is 1. The van der Waals surface area contributed by atoms with E-state index in [0.29, 0.717) is 18.5 Å². The van der Waals surface area contributed by atoms with Crippen molar-refractivity contribution in [2.75, 3.05) is 11.9 Å². The van der Waals surface area contributed by atoms with Crippen molar-refractivity contribution in [2.45, 2.75) is 45.6 Å². The first-order chi connectivity index (χ1) is 12.9. The van der Waals surface area contributed by atoms with Gasteiger partial charge in [-0.2, -0.15) is 0 Å². The summed E-state index contributed by atoms with van der Waals surface area (Å²) in [7, 11) is 0. The lowest BCUT2D eigenvalue weighted by Crippen LogP contribution is -2.45. The Kier molecular flexibility index (Phi) is 5.58. The molecule has 27 heavy (non-hydrogen) atoms. The largest absolute Gasteiger partial charge is 0.454 e. The summed E-state index contributed by atoms with van der Waals surface area (Å²) in [4.78, 5) is 50.3. The number of esters is 1. The fourth-order valence-corrected chi connectivity index (χ4v) is 3.77. The highest BCUT2D eigenvalue weighted by atomic mass is 16.5. The number of carbonyl (C=O) groups excluding carboxylic acids is 4. The van der Waals surface area contributed by atoms with Gasteiger partial charge in [0.1, 0.15) is 6.04 Å². The van der Waals surface area contributed by atoms with Gasteiger partial charge in [0.25, 0.3) is 5.91 Å². The highest BCUT2D eigenvalue weighted by molar-refractivity contribution is 6.08. The smallest absolute Gasteiger partial charge is 0.329 e. The Morgan fingerprint density at radius 1 is 1.11 bits per heavy atom. The summed E-state index contributed by atoms with van der Waals surface area (Å²) in [5.41, 5.74) is 1.66. The molecule has 1 N–H and O–H groups in total. The number of hydrogen-bond donors (Lipinski definition) is 1. The minimum absolute atomic E-state index is 0.293. The first kappa shape index (κ1) is 19.1. The van der Waals surface area contributed by atoms with Crippen LogP contribution in [0.4, 0.5) is 5.69 Å². The Labute approximate surface area is 158 Å². The lowest BCUT2D eigenvalue weighted by atomic mass is 9.81. The van der Waals surface area contributed by atoms with Gasteiger partial charge in [0.15, 0.2) is 6.61 Å². The van der Waals surface area contributed by atoms with Crippen LogP contribution in [0.2, 0.25) is 0 Å². The van der Waals surface area contributed by atoms with Gasteiger partial charge < -0.3 is 10.1 Å². The summed E-state index contributed by atoms with van der Waals surface area (Å²) in [5.74, 6) is -2.45. The molecule has 0 aromatic heterocycles. The molecule has 7 heteroatoms. The molecule has 1 aromatic carbocycles. The number of fused-ring (bicyclic) bond motifs is 1. The maximum atomic E-state index is 12.5. The van der Waals surface area contributed by atoms with E-state index in [0.717, 1.165) is 23.3 Å². The van der Waals surface area contributed by atoms with E-state index in [1.165, 1.54) is 6.92 Å². The first-order valence-corrected chi connectivity index (χ1v) is 9.28. The van der Waals surface area contributed by atoms with Crippen LogP contribution in [0, 0.1) is 18.8 Å². The van der Waals surface area contributed by atoms with Crippen LogP contribution < -0.4 is 5.32 Å². The van der Waals surface area contributed by atoms with Gasteiger partial charge in [0, 0.05) is 5.69 Å². The lowest BCUT2D eigenvalue weighted by Gasteiger charge is -2.21. The van der Waals surface area contributed by atoms with E-state index in [-0.39, 0.29) is 23.7 Å². The predicted octanol–water partition coefficient (Wildman–Crippen LogP) is 2.04. The molecule has 7 nitrogen and oxygen atoms in total. The maximum absolute atomic E-state index is 12.5. The van der Waals surface area contributed by atoms with Crippen molar-refractivity contribution in [3.8, 4) is 0 Å². The van der Waals surface area contributed by atoms with Gasteiger partial charge in [-0.05, 0) is 38.8 Å². The number of benzene rings is 1. The van der Waals surface area contributed by atoms with E-state index >= 15 is 0 Å². The molecular weight excluding hydrogens is 348 g/mol. The second kappa shape index (κ2) is 7.90. The maximum Gasteiger partial charge on any atom is 0.329 e. The lowest BCUT2D eigenvalue weighted by molar-refractivity contribution is -0.159. The van der Waals surface area contributed by atoms with E-state index in [4.69, 9.17) is 4.74 Å². The number of rotatable bonds is 5. The molecule has 0 bridgehead atoms. The van der Waals surface area contributed by atoms with Gasteiger partial charge in [0.05, 0.1) is 11.8 Å². The molecule has 3 amide bonds. The molecule has 0 unspecified atom stereocenters. The standard InChI is InChI=1S/C20H24N2O5/c1-12-7-9-14(10-8-12)21-17(23)11-27-20(26)13(2)22-18(24)15-5-3-4-6-16(15)19(22)25/h7-10,13,15-16H,3-6,11H2,1-2H3,(H,21,23)/t13-,15+,16+/m0/s1. The van der Waals surface area contributed by atoms with Crippen LogP contribution in [0.1, 0.15) is 38.2 Å². The third kappa shape index (κ3) is 4.02. The van der Waals surface area contributed by atoms with Crippen molar-refractivity contribution in [1.82, 2.24) is 4.90 Å². The molecule has 1 aromatic rings. The van der Waals surface area contributed by atoms with Crippen molar-refractivity contribution in [1.29, 1.82) is 0 Å². The van der Waals surface area contributed by atoms with Gasteiger partial charge in [0.2, 0.25) is 11.8 Å². The zero-order chi connectivity index (χ0) is 19.6. The molecule has 2 fully saturated rings. The summed E-state index contributed by atoms with van der Waals surface area (Å²) < 4.78 is 5.03. The molecule has 1 saturated carbocycles. The molecule has 1 heterocycles. The highest BCUT2D eigenvalue weighted by Gasteiger charge is 2.51. The van der Waals surface area contributed by atoms with Crippen LogP contribution in [0.25, 0.3) is 0 Å². The number of likely N-dealkylation sites (tertiary alicyclic amines) is 1. The molecule has 144 valence electrons. The summed E-state index contributed by atoms with van der Waals surface area (Å²) in [6.45, 7) is 2.93. The average molecular weight is 372 g/mol. The molecule has 3 rings (SSSR count). The topological polar surface area (TPSA) is 92.8 Å². The number of amides is 3. The molecule has 2 aliphatic rings. The fourth-order valence-electron chi connectivity index (χ4n) is 3.77. The Morgan fingerprint density at radius 2 is 1.67 bits per heavy atom. The number of aryl methyl sites for hydroxylation is 1. The zero-order valence-corrected chi connectivity index (χ0v) is 15.6. The van der Waals surface area contributed by atoms with Gasteiger partial charge >= 0.3 is 5.97 Å². The van der Waals surface area contributed by atoms with Crippen LogP contribution in [-0.2, 0) is 23.9 Å². The molecule has 0 spiro atoms. The van der Waals surface area contributed by atoms with Crippen molar-refractivity contribution in [3.05, 3.63) is 29.8 Å². The number of anilines is 1.